The highest BCUT2D eigenvalue weighted by molar-refractivity contribution is 5.97. The van der Waals surface area contributed by atoms with Crippen molar-refractivity contribution in [1.82, 2.24) is 4.90 Å². The summed E-state index contributed by atoms with van der Waals surface area (Å²) in [5, 5.41) is 3.04. The number of anilines is 2. The van der Waals surface area contributed by atoms with Crippen LogP contribution >= 0.6 is 0 Å². The Morgan fingerprint density at radius 1 is 1.20 bits per heavy atom. The third-order valence-electron chi connectivity index (χ3n) is 4.43. The van der Waals surface area contributed by atoms with Crippen molar-refractivity contribution < 1.29 is 32.6 Å². The van der Waals surface area contributed by atoms with Crippen molar-refractivity contribution >= 4 is 23.3 Å². The fraction of sp³-hybridized carbons (Fsp3) is 0.333. The standard InChI is InChI=1S/C21H22F2N2O5/c1-14-12-25(10-11-28-14)19(26)13-29-20(27)17-4-2-3-5-18(17)24-15-6-8-16(9-7-15)30-21(22)23/h2-9,14,21,24H,10-13H2,1H3. The smallest absolute Gasteiger partial charge is 0.387 e. The molecule has 1 amide bonds. The molecule has 1 atom stereocenters. The van der Waals surface area contributed by atoms with Crippen molar-refractivity contribution in [3.8, 4) is 5.75 Å². The maximum atomic E-state index is 12.5. The molecule has 0 saturated carbocycles. The average Bonchev–Trinajstić information content (AvgIpc) is 2.73. The number of halogens is 2. The Labute approximate surface area is 172 Å². The van der Waals surface area contributed by atoms with Crippen LogP contribution in [0.5, 0.6) is 5.75 Å². The van der Waals surface area contributed by atoms with Gasteiger partial charge in [-0.25, -0.2) is 4.79 Å². The van der Waals surface area contributed by atoms with Crippen molar-refractivity contribution in [1.29, 1.82) is 0 Å². The van der Waals surface area contributed by atoms with Crippen LogP contribution in [0.1, 0.15) is 17.3 Å². The van der Waals surface area contributed by atoms with E-state index in [-0.39, 0.29) is 29.9 Å². The Kier molecular flexibility index (Phi) is 7.18. The zero-order chi connectivity index (χ0) is 21.5. The lowest BCUT2D eigenvalue weighted by atomic mass is 10.1. The van der Waals surface area contributed by atoms with Crippen LogP contribution in [0.15, 0.2) is 48.5 Å². The summed E-state index contributed by atoms with van der Waals surface area (Å²) in [5.74, 6) is -0.900. The number of hydrogen-bond acceptors (Lipinski definition) is 6. The van der Waals surface area contributed by atoms with Crippen LogP contribution in [0.2, 0.25) is 0 Å². The van der Waals surface area contributed by atoms with Crippen LogP contribution in [-0.4, -0.2) is 55.8 Å². The first kappa shape index (κ1) is 21.5. The summed E-state index contributed by atoms with van der Waals surface area (Å²) in [4.78, 5) is 26.4. The largest absolute Gasteiger partial charge is 0.452 e. The van der Waals surface area contributed by atoms with Gasteiger partial charge in [-0.05, 0) is 43.3 Å². The molecule has 1 saturated heterocycles. The van der Waals surface area contributed by atoms with Crippen LogP contribution in [0.3, 0.4) is 0 Å². The number of carbonyl (C=O) groups excluding carboxylic acids is 2. The first-order chi connectivity index (χ1) is 14.4. The number of rotatable bonds is 7. The molecule has 160 valence electrons. The molecule has 0 bridgehead atoms. The van der Waals surface area contributed by atoms with E-state index in [2.05, 4.69) is 10.1 Å². The Hall–Kier alpha value is -3.20. The van der Waals surface area contributed by atoms with Crippen molar-refractivity contribution in [2.45, 2.75) is 19.6 Å². The molecule has 3 rings (SSSR count). The topological polar surface area (TPSA) is 77.1 Å². The molecule has 1 heterocycles. The van der Waals surface area contributed by atoms with Gasteiger partial charge in [0, 0.05) is 18.8 Å². The number of para-hydroxylation sites is 1. The summed E-state index contributed by atoms with van der Waals surface area (Å²) >= 11 is 0. The molecule has 30 heavy (non-hydrogen) atoms. The first-order valence-electron chi connectivity index (χ1n) is 9.40. The molecular formula is C21H22F2N2O5. The molecule has 2 aromatic carbocycles. The lowest BCUT2D eigenvalue weighted by molar-refractivity contribution is -0.141. The highest BCUT2D eigenvalue weighted by Crippen LogP contribution is 2.24. The molecule has 7 nitrogen and oxygen atoms in total. The number of amides is 1. The normalized spacial score (nSPS) is 16.3. The molecule has 2 aromatic rings. The molecule has 1 unspecified atom stereocenters. The number of nitrogens with one attached hydrogen (secondary N) is 1. The summed E-state index contributed by atoms with van der Waals surface area (Å²) < 4.78 is 39.4. The van der Waals surface area contributed by atoms with Gasteiger partial charge in [0.1, 0.15) is 5.75 Å². The number of esters is 1. The zero-order valence-electron chi connectivity index (χ0n) is 16.3. The highest BCUT2D eigenvalue weighted by Gasteiger charge is 2.23. The second kappa shape index (κ2) is 10.0. The molecule has 1 N–H and O–H groups in total. The lowest BCUT2D eigenvalue weighted by Gasteiger charge is -2.30. The number of ether oxygens (including phenoxy) is 3. The summed E-state index contributed by atoms with van der Waals surface area (Å²) in [6.07, 6.45) is -0.0548. The van der Waals surface area contributed by atoms with Gasteiger partial charge in [-0.15, -0.1) is 0 Å². The van der Waals surface area contributed by atoms with Gasteiger partial charge in [0.2, 0.25) is 0 Å². The quantitative estimate of drug-likeness (QED) is 0.692. The SMILES string of the molecule is CC1CN(C(=O)COC(=O)c2ccccc2Nc2ccc(OC(F)F)cc2)CCO1. The van der Waals surface area contributed by atoms with Crippen molar-refractivity contribution in [3.63, 3.8) is 0 Å². The molecule has 0 aliphatic carbocycles. The fourth-order valence-electron chi connectivity index (χ4n) is 2.99. The number of benzene rings is 2. The van der Waals surface area contributed by atoms with Gasteiger partial charge in [0.25, 0.3) is 5.91 Å². The summed E-state index contributed by atoms with van der Waals surface area (Å²) in [6.45, 7) is -0.0136. The van der Waals surface area contributed by atoms with E-state index < -0.39 is 12.6 Å². The van der Waals surface area contributed by atoms with E-state index in [0.29, 0.717) is 31.1 Å². The maximum absolute atomic E-state index is 12.5. The van der Waals surface area contributed by atoms with Crippen LogP contribution in [0, 0.1) is 0 Å². The Morgan fingerprint density at radius 3 is 2.63 bits per heavy atom. The third kappa shape index (κ3) is 5.90. The van der Waals surface area contributed by atoms with E-state index >= 15 is 0 Å². The molecular weight excluding hydrogens is 398 g/mol. The minimum atomic E-state index is -2.90. The van der Waals surface area contributed by atoms with Gasteiger partial charge >= 0.3 is 12.6 Å². The van der Waals surface area contributed by atoms with Gasteiger partial charge in [0.05, 0.1) is 24.0 Å². The highest BCUT2D eigenvalue weighted by atomic mass is 19.3. The Morgan fingerprint density at radius 2 is 1.93 bits per heavy atom. The minimum absolute atomic E-state index is 0.0270. The molecule has 1 fully saturated rings. The predicted molar refractivity (Wildman–Crippen MR) is 105 cm³/mol. The van der Waals surface area contributed by atoms with Crippen LogP contribution in [0.4, 0.5) is 20.2 Å². The minimum Gasteiger partial charge on any atom is -0.452 e. The van der Waals surface area contributed by atoms with Crippen molar-refractivity contribution in [2.75, 3.05) is 31.6 Å². The Balaban J connectivity index is 1.61. The third-order valence-corrected chi connectivity index (χ3v) is 4.43. The number of hydrogen-bond donors (Lipinski definition) is 1. The van der Waals surface area contributed by atoms with Crippen LogP contribution in [-0.2, 0) is 14.3 Å². The average molecular weight is 420 g/mol. The van der Waals surface area contributed by atoms with Gasteiger partial charge < -0.3 is 24.4 Å². The van der Waals surface area contributed by atoms with Gasteiger partial charge in [0.15, 0.2) is 6.61 Å². The molecule has 9 heteroatoms. The first-order valence-corrected chi connectivity index (χ1v) is 9.40. The van der Waals surface area contributed by atoms with Gasteiger partial charge in [-0.2, -0.15) is 8.78 Å². The summed E-state index contributed by atoms with van der Waals surface area (Å²) in [5.41, 5.74) is 1.27. The predicted octanol–water partition coefficient (Wildman–Crippen LogP) is 3.44. The molecule has 1 aliphatic heterocycles. The number of carbonyl (C=O) groups is 2. The monoisotopic (exact) mass is 420 g/mol. The van der Waals surface area contributed by atoms with Crippen LogP contribution < -0.4 is 10.1 Å². The van der Waals surface area contributed by atoms with E-state index in [1.165, 1.54) is 12.1 Å². The maximum Gasteiger partial charge on any atom is 0.387 e. The number of alkyl halides is 2. The zero-order valence-corrected chi connectivity index (χ0v) is 16.3. The van der Waals surface area contributed by atoms with E-state index in [4.69, 9.17) is 9.47 Å². The lowest BCUT2D eigenvalue weighted by Crippen LogP contribution is -2.46. The summed E-state index contributed by atoms with van der Waals surface area (Å²) in [6, 6.07) is 12.5. The van der Waals surface area contributed by atoms with E-state index in [0.717, 1.165) is 0 Å². The van der Waals surface area contributed by atoms with E-state index in [1.807, 2.05) is 6.92 Å². The van der Waals surface area contributed by atoms with Gasteiger partial charge in [-0.3, -0.25) is 4.79 Å². The molecule has 1 aliphatic rings. The van der Waals surface area contributed by atoms with Crippen LogP contribution in [0.25, 0.3) is 0 Å². The number of morpholine rings is 1. The number of nitrogens with zero attached hydrogens (tertiary/aromatic N) is 1. The van der Waals surface area contributed by atoms with E-state index in [1.54, 1.807) is 41.3 Å². The fourth-order valence-corrected chi connectivity index (χ4v) is 2.99. The molecule has 0 aromatic heterocycles. The van der Waals surface area contributed by atoms with Crippen molar-refractivity contribution in [3.05, 3.63) is 54.1 Å². The Bertz CT molecular complexity index is 876. The summed E-state index contributed by atoms with van der Waals surface area (Å²) in [7, 11) is 0. The van der Waals surface area contributed by atoms with E-state index in [9.17, 15) is 18.4 Å². The van der Waals surface area contributed by atoms with Crippen molar-refractivity contribution in [2.24, 2.45) is 0 Å². The van der Waals surface area contributed by atoms with Gasteiger partial charge in [-0.1, -0.05) is 12.1 Å². The molecule has 0 radical (unpaired) electrons. The second-order valence-corrected chi connectivity index (χ2v) is 6.67. The second-order valence-electron chi connectivity index (χ2n) is 6.67. The molecule has 0 spiro atoms.